The highest BCUT2D eigenvalue weighted by Crippen LogP contribution is 2.37. The summed E-state index contributed by atoms with van der Waals surface area (Å²) in [6, 6.07) is 22.2. The van der Waals surface area contributed by atoms with Gasteiger partial charge in [0, 0.05) is 30.4 Å². The highest BCUT2D eigenvalue weighted by Gasteiger charge is 2.43. The number of fused-ring (bicyclic) bond motifs is 1. The van der Waals surface area contributed by atoms with Crippen LogP contribution in [-0.4, -0.2) is 31.2 Å². The number of carbonyl (C=O) groups excluding carboxylic acids is 2. The van der Waals surface area contributed by atoms with Crippen molar-refractivity contribution >= 4 is 34.5 Å². The Morgan fingerprint density at radius 1 is 1.05 bits per heavy atom. The molecule has 0 radical (unpaired) electrons. The van der Waals surface area contributed by atoms with Gasteiger partial charge in [0.05, 0.1) is 28.5 Å². The van der Waals surface area contributed by atoms with Crippen molar-refractivity contribution < 1.29 is 31.9 Å². The lowest BCUT2D eigenvalue weighted by Crippen LogP contribution is -2.42. The predicted molar refractivity (Wildman–Crippen MR) is 157 cm³/mol. The number of alkyl halides is 3. The molecule has 1 aromatic heterocycles. The highest BCUT2D eigenvalue weighted by atomic mass is 19.4. The van der Waals surface area contributed by atoms with Gasteiger partial charge in [0.2, 0.25) is 0 Å². The van der Waals surface area contributed by atoms with E-state index in [1.807, 2.05) is 48.2 Å². The summed E-state index contributed by atoms with van der Waals surface area (Å²) in [6.07, 6.45) is -4.25. The van der Waals surface area contributed by atoms with Crippen molar-refractivity contribution in [3.63, 3.8) is 0 Å². The van der Waals surface area contributed by atoms with Gasteiger partial charge in [0.15, 0.2) is 11.3 Å². The molecule has 4 aromatic rings. The molecule has 0 spiro atoms. The smallest absolute Gasteiger partial charge is 0.440 e. The second-order valence-electron chi connectivity index (χ2n) is 10.8. The third kappa shape index (κ3) is 6.01. The van der Waals surface area contributed by atoms with E-state index in [0.29, 0.717) is 48.3 Å². The summed E-state index contributed by atoms with van der Waals surface area (Å²) in [7, 11) is 0. The number of nitrogens with zero attached hydrogens (tertiary/aromatic N) is 2. The van der Waals surface area contributed by atoms with Gasteiger partial charge in [-0.05, 0) is 56.0 Å². The van der Waals surface area contributed by atoms with Crippen LogP contribution in [0.4, 0.5) is 24.7 Å². The molecular weight excluding hydrogens is 575 g/mol. The number of halogens is 3. The molecule has 1 aliphatic heterocycles. The van der Waals surface area contributed by atoms with Crippen molar-refractivity contribution in [1.29, 1.82) is 5.26 Å². The number of benzene rings is 3. The van der Waals surface area contributed by atoms with E-state index in [9.17, 15) is 32.8 Å². The lowest BCUT2D eigenvalue weighted by atomic mass is 9.74. The second-order valence-corrected chi connectivity index (χ2v) is 10.8. The van der Waals surface area contributed by atoms with Crippen LogP contribution in [-0.2, 0) is 14.9 Å². The van der Waals surface area contributed by atoms with E-state index >= 15 is 0 Å². The summed E-state index contributed by atoms with van der Waals surface area (Å²) in [5.74, 6) is -3.72. The van der Waals surface area contributed by atoms with Gasteiger partial charge >= 0.3 is 18.1 Å². The molecule has 3 aromatic carbocycles. The number of nitrogens with one attached hydrogen (secondary N) is 1. The molecule has 1 unspecified atom stereocenters. The second kappa shape index (κ2) is 11.9. The number of piperidine rings is 1. The Kier molecular flexibility index (Phi) is 8.19. The monoisotopic (exact) mass is 603 g/mol. The molecule has 0 bridgehead atoms. The lowest BCUT2D eigenvalue weighted by molar-refractivity contribution is -0.193. The first-order valence-electron chi connectivity index (χ1n) is 13.9. The minimum atomic E-state index is -5.33. The number of carbonyl (C=O) groups is 2. The SMILES string of the molecule is Cc1cc(C(C)Nc2ccccc2C(=O)OC(=O)C(F)(F)F)c2oc(N3CCC(C#N)(c4ccccc4)CC3)cc(=O)c2c1. The standard InChI is InChI=1S/C33H28F3N3O5/c1-20-16-24(21(2)38-26-11-7-6-10-23(26)30(41)44-31(42)33(34,35)36)29-25(17-20)27(40)18-28(43-29)39-14-12-32(19-37,13-15-39)22-8-4-3-5-9-22/h3-11,16-18,21,38H,12-15H2,1-2H3. The van der Waals surface area contributed by atoms with E-state index in [4.69, 9.17) is 4.42 Å². The first kappa shape index (κ1) is 30.4. The van der Waals surface area contributed by atoms with E-state index in [-0.39, 0.29) is 16.7 Å². The Labute approximate surface area is 250 Å². The molecule has 11 heteroatoms. The number of nitriles is 1. The number of rotatable bonds is 6. The van der Waals surface area contributed by atoms with Gasteiger partial charge in [0.1, 0.15) is 5.58 Å². The van der Waals surface area contributed by atoms with E-state index in [1.165, 1.54) is 24.3 Å². The highest BCUT2D eigenvalue weighted by molar-refractivity contribution is 6.02. The largest absolute Gasteiger partial charge is 0.491 e. The zero-order chi connectivity index (χ0) is 31.6. The van der Waals surface area contributed by atoms with Crippen LogP contribution in [0.15, 0.2) is 82.0 Å². The third-order valence-electron chi connectivity index (χ3n) is 7.86. The Morgan fingerprint density at radius 2 is 1.70 bits per heavy atom. The summed E-state index contributed by atoms with van der Waals surface area (Å²) in [6.45, 7) is 4.52. The Hall–Kier alpha value is -5.11. The number of anilines is 2. The summed E-state index contributed by atoms with van der Waals surface area (Å²) < 4.78 is 48.4. The van der Waals surface area contributed by atoms with Gasteiger partial charge in [-0.25, -0.2) is 9.59 Å². The van der Waals surface area contributed by atoms with Crippen LogP contribution in [0.1, 0.15) is 52.9 Å². The molecule has 1 N–H and O–H groups in total. The fourth-order valence-electron chi connectivity index (χ4n) is 5.53. The minimum Gasteiger partial charge on any atom is -0.440 e. The van der Waals surface area contributed by atoms with Crippen molar-refractivity contribution in [2.45, 2.75) is 44.3 Å². The van der Waals surface area contributed by atoms with E-state index in [1.54, 1.807) is 19.1 Å². The van der Waals surface area contributed by atoms with Gasteiger partial charge in [0.25, 0.3) is 0 Å². The van der Waals surface area contributed by atoms with Crippen LogP contribution in [0.2, 0.25) is 0 Å². The number of ether oxygens (including phenoxy) is 1. The third-order valence-corrected chi connectivity index (χ3v) is 7.86. The molecule has 1 saturated heterocycles. The maximum atomic E-state index is 13.3. The summed E-state index contributed by atoms with van der Waals surface area (Å²) in [5, 5.41) is 13.5. The van der Waals surface area contributed by atoms with E-state index < -0.39 is 29.6 Å². The van der Waals surface area contributed by atoms with Crippen LogP contribution < -0.4 is 15.6 Å². The van der Waals surface area contributed by atoms with Gasteiger partial charge in [-0.3, -0.25) is 4.79 Å². The lowest BCUT2D eigenvalue weighted by Gasteiger charge is -2.37. The van der Waals surface area contributed by atoms with Gasteiger partial charge in [-0.15, -0.1) is 0 Å². The molecular formula is C33H28F3N3O5. The number of hydrogen-bond acceptors (Lipinski definition) is 8. The van der Waals surface area contributed by atoms with Crippen LogP contribution in [0.5, 0.6) is 0 Å². The van der Waals surface area contributed by atoms with E-state index in [0.717, 1.165) is 11.1 Å². The van der Waals surface area contributed by atoms with Crippen LogP contribution in [0.25, 0.3) is 11.0 Å². The first-order valence-corrected chi connectivity index (χ1v) is 13.9. The molecule has 1 atom stereocenters. The summed E-state index contributed by atoms with van der Waals surface area (Å²) >= 11 is 0. The minimum absolute atomic E-state index is 0.123. The van der Waals surface area contributed by atoms with Crippen molar-refractivity contribution in [3.8, 4) is 6.07 Å². The fourth-order valence-corrected chi connectivity index (χ4v) is 5.53. The summed E-state index contributed by atoms with van der Waals surface area (Å²) in [5.41, 5.74) is 1.55. The van der Waals surface area contributed by atoms with Crippen molar-refractivity contribution in [2.75, 3.05) is 23.3 Å². The molecule has 1 aliphatic rings. The Morgan fingerprint density at radius 3 is 2.36 bits per heavy atom. The molecule has 2 heterocycles. The van der Waals surface area contributed by atoms with Gasteiger partial charge in [-0.2, -0.15) is 18.4 Å². The molecule has 0 saturated carbocycles. The molecule has 0 aliphatic carbocycles. The number of aryl methyl sites for hydroxylation is 1. The first-order chi connectivity index (χ1) is 20.9. The van der Waals surface area contributed by atoms with Gasteiger partial charge in [-0.1, -0.05) is 48.5 Å². The molecule has 1 fully saturated rings. The number of hydrogen-bond donors (Lipinski definition) is 1. The zero-order valence-corrected chi connectivity index (χ0v) is 23.9. The zero-order valence-electron chi connectivity index (χ0n) is 23.9. The average Bonchev–Trinajstić information content (AvgIpc) is 3.01. The van der Waals surface area contributed by atoms with Gasteiger partial charge < -0.3 is 19.4 Å². The number of para-hydroxylation sites is 1. The maximum Gasteiger partial charge on any atom is 0.491 e. The molecule has 226 valence electrons. The van der Waals surface area contributed by atoms with Crippen LogP contribution >= 0.6 is 0 Å². The van der Waals surface area contributed by atoms with Crippen molar-refractivity contribution in [3.05, 3.63) is 105 Å². The number of esters is 2. The normalized spacial score (nSPS) is 15.3. The predicted octanol–water partition coefficient (Wildman–Crippen LogP) is 6.58. The van der Waals surface area contributed by atoms with Crippen LogP contribution in [0.3, 0.4) is 0 Å². The van der Waals surface area contributed by atoms with Crippen molar-refractivity contribution in [2.24, 2.45) is 0 Å². The average molecular weight is 604 g/mol. The van der Waals surface area contributed by atoms with Crippen LogP contribution in [0, 0.1) is 18.3 Å². The maximum absolute atomic E-state index is 13.3. The topological polar surface area (TPSA) is 113 Å². The Bertz CT molecular complexity index is 1820. The molecule has 5 rings (SSSR count). The van der Waals surface area contributed by atoms with Crippen molar-refractivity contribution in [1.82, 2.24) is 0 Å². The fraction of sp³-hybridized carbons (Fsp3) is 0.273. The quantitative estimate of drug-likeness (QED) is 0.194. The molecule has 8 nitrogen and oxygen atoms in total. The molecule has 0 amide bonds. The Balaban J connectivity index is 1.44. The summed E-state index contributed by atoms with van der Waals surface area (Å²) in [4.78, 5) is 39.0. The molecule has 44 heavy (non-hydrogen) atoms. The van der Waals surface area contributed by atoms with E-state index in [2.05, 4.69) is 16.1 Å².